The van der Waals surface area contributed by atoms with Gasteiger partial charge >= 0.3 is 0 Å². The summed E-state index contributed by atoms with van der Waals surface area (Å²) in [7, 11) is 0. The Morgan fingerprint density at radius 2 is 1.96 bits per heavy atom. The summed E-state index contributed by atoms with van der Waals surface area (Å²) in [4.78, 5) is 14.5. The van der Waals surface area contributed by atoms with E-state index in [4.69, 9.17) is 4.74 Å². The molecule has 0 radical (unpaired) electrons. The maximum Gasteiger partial charge on any atom is 0.224 e. The quantitative estimate of drug-likeness (QED) is 0.832. The second kappa shape index (κ2) is 8.78. The van der Waals surface area contributed by atoms with Crippen molar-refractivity contribution in [2.45, 2.75) is 12.5 Å². The fraction of sp³-hybridized carbons (Fsp3) is 0.350. The van der Waals surface area contributed by atoms with Crippen LogP contribution in [-0.4, -0.2) is 48.8 Å². The molecule has 1 fully saturated rings. The highest BCUT2D eigenvalue weighted by Crippen LogP contribution is 2.22. The Bertz CT molecular complexity index is 747. The van der Waals surface area contributed by atoms with Crippen LogP contribution in [0.4, 0.5) is 4.39 Å². The van der Waals surface area contributed by atoms with Gasteiger partial charge in [-0.05, 0) is 35.4 Å². The molecular formula is C20H23FN2O3. The summed E-state index contributed by atoms with van der Waals surface area (Å²) in [6.45, 7) is 3.13. The van der Waals surface area contributed by atoms with Crippen molar-refractivity contribution in [3.63, 3.8) is 0 Å². The summed E-state index contributed by atoms with van der Waals surface area (Å²) in [6.07, 6.45) is 0.188. The van der Waals surface area contributed by atoms with Crippen molar-refractivity contribution < 1.29 is 19.0 Å². The molecule has 1 unspecified atom stereocenters. The van der Waals surface area contributed by atoms with Gasteiger partial charge in [0.1, 0.15) is 11.6 Å². The van der Waals surface area contributed by atoms with Gasteiger partial charge in [0.25, 0.3) is 0 Å². The van der Waals surface area contributed by atoms with Gasteiger partial charge in [-0.2, -0.15) is 0 Å². The Hall–Kier alpha value is -2.44. The lowest BCUT2D eigenvalue weighted by Crippen LogP contribution is -2.44. The average Bonchev–Trinajstić information content (AvgIpc) is 2.63. The Morgan fingerprint density at radius 3 is 2.69 bits per heavy atom. The lowest BCUT2D eigenvalue weighted by Gasteiger charge is -2.35. The molecular weight excluding hydrogens is 335 g/mol. The lowest BCUT2D eigenvalue weighted by atomic mass is 10.0. The van der Waals surface area contributed by atoms with Gasteiger partial charge < -0.3 is 15.2 Å². The van der Waals surface area contributed by atoms with E-state index in [2.05, 4.69) is 10.2 Å². The number of phenolic OH excluding ortho intramolecular Hbond substituents is 1. The smallest absolute Gasteiger partial charge is 0.224 e. The molecule has 0 spiro atoms. The molecule has 138 valence electrons. The van der Waals surface area contributed by atoms with Crippen molar-refractivity contribution in [1.82, 2.24) is 10.2 Å². The number of carbonyl (C=O) groups is 1. The molecule has 3 rings (SSSR count). The number of rotatable bonds is 6. The Kier molecular flexibility index (Phi) is 6.20. The van der Waals surface area contributed by atoms with E-state index < -0.39 is 0 Å². The second-order valence-corrected chi connectivity index (χ2v) is 6.37. The van der Waals surface area contributed by atoms with E-state index >= 15 is 0 Å². The first kappa shape index (κ1) is 18.4. The van der Waals surface area contributed by atoms with Crippen molar-refractivity contribution in [3.8, 4) is 5.75 Å². The molecule has 5 nitrogen and oxygen atoms in total. The zero-order valence-corrected chi connectivity index (χ0v) is 14.5. The van der Waals surface area contributed by atoms with Crippen LogP contribution in [0.1, 0.15) is 17.2 Å². The molecule has 1 saturated heterocycles. The van der Waals surface area contributed by atoms with E-state index in [1.54, 1.807) is 30.3 Å². The normalized spacial score (nSPS) is 16.2. The van der Waals surface area contributed by atoms with Gasteiger partial charge in [-0.3, -0.25) is 9.69 Å². The van der Waals surface area contributed by atoms with Gasteiger partial charge in [0.2, 0.25) is 5.91 Å². The second-order valence-electron chi connectivity index (χ2n) is 6.37. The molecule has 1 aliphatic rings. The highest BCUT2D eigenvalue weighted by atomic mass is 19.1. The minimum atomic E-state index is -0.285. The number of morpholine rings is 1. The van der Waals surface area contributed by atoms with E-state index in [9.17, 15) is 14.3 Å². The largest absolute Gasteiger partial charge is 0.508 e. The van der Waals surface area contributed by atoms with Crippen LogP contribution < -0.4 is 5.32 Å². The minimum Gasteiger partial charge on any atom is -0.508 e. The molecule has 0 aromatic heterocycles. The summed E-state index contributed by atoms with van der Waals surface area (Å²) in [5.74, 6) is -0.279. The summed E-state index contributed by atoms with van der Waals surface area (Å²) in [5.41, 5.74) is 1.58. The number of hydrogen-bond acceptors (Lipinski definition) is 4. The molecule has 2 N–H and O–H groups in total. The Morgan fingerprint density at radius 1 is 1.19 bits per heavy atom. The van der Waals surface area contributed by atoms with Gasteiger partial charge in [0.05, 0.1) is 25.7 Å². The molecule has 1 atom stereocenters. The molecule has 1 heterocycles. The molecule has 2 aromatic rings. The van der Waals surface area contributed by atoms with Crippen molar-refractivity contribution in [2.75, 3.05) is 32.8 Å². The zero-order chi connectivity index (χ0) is 18.4. The van der Waals surface area contributed by atoms with Crippen LogP contribution in [0.5, 0.6) is 5.75 Å². The standard InChI is InChI=1S/C20H23FN2O3/c21-17-5-2-4-16(13-17)19(23-7-9-26-10-8-23)14-22-20(25)12-15-3-1-6-18(24)11-15/h1-6,11,13,19,24H,7-10,12,14H2,(H,22,25). The predicted octanol–water partition coefficient (Wildman–Crippen LogP) is 2.26. The van der Waals surface area contributed by atoms with E-state index in [0.717, 1.165) is 24.2 Å². The molecule has 6 heteroatoms. The van der Waals surface area contributed by atoms with E-state index in [0.29, 0.717) is 19.8 Å². The number of aromatic hydroxyl groups is 1. The summed E-state index contributed by atoms with van der Waals surface area (Å²) in [5, 5.41) is 12.4. The topological polar surface area (TPSA) is 61.8 Å². The number of phenols is 1. The molecule has 1 aliphatic heterocycles. The third kappa shape index (κ3) is 5.03. The number of halogens is 1. The minimum absolute atomic E-state index is 0.109. The summed E-state index contributed by atoms with van der Waals surface area (Å²) < 4.78 is 19.1. The van der Waals surface area contributed by atoms with Crippen LogP contribution in [0.3, 0.4) is 0 Å². The van der Waals surface area contributed by atoms with Gasteiger partial charge in [0.15, 0.2) is 0 Å². The average molecular weight is 358 g/mol. The monoisotopic (exact) mass is 358 g/mol. The first-order valence-corrected chi connectivity index (χ1v) is 8.74. The number of ether oxygens (including phenoxy) is 1. The van der Waals surface area contributed by atoms with Crippen LogP contribution in [0.2, 0.25) is 0 Å². The van der Waals surface area contributed by atoms with Crippen LogP contribution in [0.25, 0.3) is 0 Å². The van der Waals surface area contributed by atoms with Crippen LogP contribution >= 0.6 is 0 Å². The van der Waals surface area contributed by atoms with Crippen LogP contribution in [-0.2, 0) is 16.0 Å². The lowest BCUT2D eigenvalue weighted by molar-refractivity contribution is -0.120. The zero-order valence-electron chi connectivity index (χ0n) is 14.5. The van der Waals surface area contributed by atoms with Gasteiger partial charge in [-0.15, -0.1) is 0 Å². The number of nitrogens with one attached hydrogen (secondary N) is 1. The molecule has 26 heavy (non-hydrogen) atoms. The fourth-order valence-corrected chi connectivity index (χ4v) is 3.19. The third-order valence-corrected chi connectivity index (χ3v) is 4.49. The molecule has 0 bridgehead atoms. The van der Waals surface area contributed by atoms with E-state index in [1.165, 1.54) is 12.1 Å². The molecule has 1 amide bonds. The molecule has 0 aliphatic carbocycles. The number of amides is 1. The summed E-state index contributed by atoms with van der Waals surface area (Å²) >= 11 is 0. The maximum absolute atomic E-state index is 13.7. The van der Waals surface area contributed by atoms with Crippen LogP contribution in [0.15, 0.2) is 48.5 Å². The van der Waals surface area contributed by atoms with E-state index in [1.807, 2.05) is 6.07 Å². The first-order chi connectivity index (χ1) is 12.6. The van der Waals surface area contributed by atoms with Crippen molar-refractivity contribution in [1.29, 1.82) is 0 Å². The first-order valence-electron chi connectivity index (χ1n) is 8.74. The number of carbonyl (C=O) groups excluding carboxylic acids is 1. The van der Waals surface area contributed by atoms with Crippen molar-refractivity contribution >= 4 is 5.91 Å². The van der Waals surface area contributed by atoms with Gasteiger partial charge in [-0.25, -0.2) is 4.39 Å². The maximum atomic E-state index is 13.7. The molecule has 2 aromatic carbocycles. The number of benzene rings is 2. The highest BCUT2D eigenvalue weighted by Gasteiger charge is 2.23. The fourth-order valence-electron chi connectivity index (χ4n) is 3.19. The van der Waals surface area contributed by atoms with Crippen molar-refractivity contribution in [3.05, 3.63) is 65.5 Å². The van der Waals surface area contributed by atoms with Gasteiger partial charge in [-0.1, -0.05) is 24.3 Å². The number of nitrogens with zero attached hydrogens (tertiary/aromatic N) is 1. The third-order valence-electron chi connectivity index (χ3n) is 4.49. The van der Waals surface area contributed by atoms with Crippen molar-refractivity contribution in [2.24, 2.45) is 0 Å². The highest BCUT2D eigenvalue weighted by molar-refractivity contribution is 5.78. The number of hydrogen-bond donors (Lipinski definition) is 2. The van der Waals surface area contributed by atoms with E-state index in [-0.39, 0.29) is 29.9 Å². The molecule has 0 saturated carbocycles. The van der Waals surface area contributed by atoms with Crippen LogP contribution in [0, 0.1) is 5.82 Å². The van der Waals surface area contributed by atoms with Gasteiger partial charge in [0, 0.05) is 19.6 Å². The Labute approximate surface area is 152 Å². The SMILES string of the molecule is O=C(Cc1cccc(O)c1)NCC(c1cccc(F)c1)N1CCOCC1. The summed E-state index contributed by atoms with van der Waals surface area (Å²) in [6, 6.07) is 13.0. The Balaban J connectivity index is 1.66. The predicted molar refractivity (Wildman–Crippen MR) is 96.4 cm³/mol.